The van der Waals surface area contributed by atoms with Crippen LogP contribution in [-0.2, 0) is 4.79 Å². The predicted octanol–water partition coefficient (Wildman–Crippen LogP) is 4.14. The monoisotopic (exact) mass is 406 g/mol. The molecule has 6 nitrogen and oxygen atoms in total. The van der Waals surface area contributed by atoms with Gasteiger partial charge in [-0.05, 0) is 49.2 Å². The maximum atomic E-state index is 11.7. The first-order chi connectivity index (χ1) is 14.6. The molecule has 1 aliphatic rings. The Morgan fingerprint density at radius 3 is 2.77 bits per heavy atom. The Labute approximate surface area is 176 Å². The number of carboxylic acids is 1. The lowest BCUT2D eigenvalue weighted by atomic mass is 9.91. The molecular weight excluding hydrogens is 380 g/mol. The quantitative estimate of drug-likeness (QED) is 0.663. The molecule has 156 valence electrons. The van der Waals surface area contributed by atoms with Gasteiger partial charge in [0, 0.05) is 29.8 Å². The maximum Gasteiger partial charge on any atom is 0.307 e. The summed E-state index contributed by atoms with van der Waals surface area (Å²) in [5.74, 6) is 0.314. The third-order valence-electron chi connectivity index (χ3n) is 5.83. The lowest BCUT2D eigenvalue weighted by molar-refractivity contribution is -0.143. The normalized spacial score (nSPS) is 18.1. The number of aliphatic carboxylic acids is 1. The minimum absolute atomic E-state index is 0.162. The number of carboxylic acid groups (broad SMARTS) is 1. The van der Waals surface area contributed by atoms with Crippen LogP contribution in [0.15, 0.2) is 54.7 Å². The molecule has 2 heterocycles. The lowest BCUT2D eigenvalue weighted by Crippen LogP contribution is -2.41. The van der Waals surface area contributed by atoms with Gasteiger partial charge < -0.3 is 14.6 Å². The van der Waals surface area contributed by atoms with E-state index in [4.69, 9.17) is 9.47 Å². The number of para-hydroxylation sites is 1. The van der Waals surface area contributed by atoms with E-state index in [2.05, 4.69) is 16.0 Å². The second-order valence-corrected chi connectivity index (χ2v) is 7.64. The van der Waals surface area contributed by atoms with Crippen molar-refractivity contribution in [2.75, 3.05) is 27.3 Å². The van der Waals surface area contributed by atoms with E-state index in [9.17, 15) is 9.90 Å². The molecule has 0 spiro atoms. The van der Waals surface area contributed by atoms with Gasteiger partial charge in [-0.15, -0.1) is 0 Å². The predicted molar refractivity (Wildman–Crippen MR) is 115 cm³/mol. The van der Waals surface area contributed by atoms with Crippen molar-refractivity contribution in [1.82, 2.24) is 9.88 Å². The fourth-order valence-corrected chi connectivity index (χ4v) is 4.31. The van der Waals surface area contributed by atoms with Crippen LogP contribution in [0.5, 0.6) is 11.5 Å². The zero-order valence-corrected chi connectivity index (χ0v) is 17.2. The van der Waals surface area contributed by atoms with Crippen LogP contribution in [0.3, 0.4) is 0 Å². The third-order valence-corrected chi connectivity index (χ3v) is 5.83. The molecule has 3 aromatic rings. The molecule has 0 radical (unpaired) electrons. The van der Waals surface area contributed by atoms with Crippen LogP contribution in [0.1, 0.15) is 30.0 Å². The second-order valence-electron chi connectivity index (χ2n) is 7.64. The molecule has 0 saturated carbocycles. The number of aromatic nitrogens is 1. The van der Waals surface area contributed by atoms with Crippen molar-refractivity contribution in [3.05, 3.63) is 65.9 Å². The highest BCUT2D eigenvalue weighted by Gasteiger charge is 2.33. The van der Waals surface area contributed by atoms with Crippen LogP contribution in [0.2, 0.25) is 0 Å². The van der Waals surface area contributed by atoms with E-state index in [1.807, 2.05) is 48.7 Å². The molecule has 1 aliphatic heterocycles. The van der Waals surface area contributed by atoms with Gasteiger partial charge in [0.05, 0.1) is 31.7 Å². The van der Waals surface area contributed by atoms with Crippen molar-refractivity contribution in [3.8, 4) is 11.5 Å². The number of ether oxygens (including phenoxy) is 2. The van der Waals surface area contributed by atoms with Crippen molar-refractivity contribution < 1.29 is 19.4 Å². The van der Waals surface area contributed by atoms with Gasteiger partial charge in [-0.3, -0.25) is 14.7 Å². The number of carbonyl (C=O) groups is 1. The van der Waals surface area contributed by atoms with Crippen LogP contribution in [-0.4, -0.2) is 48.3 Å². The summed E-state index contributed by atoms with van der Waals surface area (Å²) in [6, 6.07) is 15.8. The molecule has 4 rings (SSSR count). The van der Waals surface area contributed by atoms with Gasteiger partial charge in [0.2, 0.25) is 0 Å². The summed E-state index contributed by atoms with van der Waals surface area (Å²) < 4.78 is 11.1. The molecule has 0 bridgehead atoms. The molecule has 0 amide bonds. The molecule has 2 atom stereocenters. The molecule has 6 heteroatoms. The number of fused-ring (bicyclic) bond motifs is 1. The summed E-state index contributed by atoms with van der Waals surface area (Å²) in [6.07, 6.45) is 3.43. The topological polar surface area (TPSA) is 71.9 Å². The first-order valence-corrected chi connectivity index (χ1v) is 10.1. The van der Waals surface area contributed by atoms with Crippen LogP contribution >= 0.6 is 0 Å². The van der Waals surface area contributed by atoms with Crippen LogP contribution in [0, 0.1) is 5.92 Å². The summed E-state index contributed by atoms with van der Waals surface area (Å²) in [4.78, 5) is 18.6. The summed E-state index contributed by atoms with van der Waals surface area (Å²) in [5.41, 5.74) is 2.92. The lowest BCUT2D eigenvalue weighted by Gasteiger charge is -2.38. The summed E-state index contributed by atoms with van der Waals surface area (Å²) in [5, 5.41) is 10.7. The van der Waals surface area contributed by atoms with E-state index in [1.165, 1.54) is 0 Å². The smallest absolute Gasteiger partial charge is 0.307 e. The highest BCUT2D eigenvalue weighted by Crippen LogP contribution is 2.39. The Bertz CT molecular complexity index is 1050. The number of benzene rings is 2. The number of hydrogen-bond acceptors (Lipinski definition) is 5. The molecule has 30 heavy (non-hydrogen) atoms. The number of piperidine rings is 1. The molecule has 2 aromatic carbocycles. The van der Waals surface area contributed by atoms with Crippen molar-refractivity contribution in [2.45, 2.75) is 18.9 Å². The molecule has 1 saturated heterocycles. The van der Waals surface area contributed by atoms with Crippen molar-refractivity contribution in [3.63, 3.8) is 0 Å². The third kappa shape index (κ3) is 3.96. The average molecular weight is 406 g/mol. The van der Waals surface area contributed by atoms with Gasteiger partial charge >= 0.3 is 5.97 Å². The summed E-state index contributed by atoms with van der Waals surface area (Å²) in [7, 11) is 3.27. The summed E-state index contributed by atoms with van der Waals surface area (Å²) in [6.45, 7) is 1.30. The standard InChI is InChI=1S/C24H26N2O4/c1-29-19-9-10-20(22(13-19)30-2)23(26-11-5-7-17(15-26)24(27)28)18-12-16-6-3-4-8-21(16)25-14-18/h3-4,6,8-10,12-14,17,23H,5,7,11,15H2,1-2H3,(H,27,28). The highest BCUT2D eigenvalue weighted by molar-refractivity contribution is 5.79. The fourth-order valence-electron chi connectivity index (χ4n) is 4.31. The number of hydrogen-bond donors (Lipinski definition) is 1. The van der Waals surface area contributed by atoms with Crippen LogP contribution < -0.4 is 9.47 Å². The second kappa shape index (κ2) is 8.71. The van der Waals surface area contributed by atoms with E-state index < -0.39 is 5.97 Å². The van der Waals surface area contributed by atoms with Crippen molar-refractivity contribution in [1.29, 1.82) is 0 Å². The zero-order valence-electron chi connectivity index (χ0n) is 17.2. The molecule has 1 aromatic heterocycles. The fraction of sp³-hybridized carbons (Fsp3) is 0.333. The number of pyridine rings is 1. The average Bonchev–Trinajstić information content (AvgIpc) is 2.79. The highest BCUT2D eigenvalue weighted by atomic mass is 16.5. The molecule has 2 unspecified atom stereocenters. The minimum atomic E-state index is -0.739. The van der Waals surface area contributed by atoms with E-state index >= 15 is 0 Å². The van der Waals surface area contributed by atoms with Crippen LogP contribution in [0.4, 0.5) is 0 Å². The van der Waals surface area contributed by atoms with Crippen molar-refractivity contribution >= 4 is 16.9 Å². The van der Waals surface area contributed by atoms with Crippen LogP contribution in [0.25, 0.3) is 10.9 Å². The van der Waals surface area contributed by atoms with E-state index in [1.54, 1.807) is 14.2 Å². The van der Waals surface area contributed by atoms with Gasteiger partial charge in [-0.2, -0.15) is 0 Å². The number of nitrogens with zero attached hydrogens (tertiary/aromatic N) is 2. The van der Waals surface area contributed by atoms with E-state index in [-0.39, 0.29) is 12.0 Å². The number of likely N-dealkylation sites (tertiary alicyclic amines) is 1. The molecule has 0 aliphatic carbocycles. The molecular formula is C24H26N2O4. The van der Waals surface area contributed by atoms with Gasteiger partial charge in [-0.25, -0.2) is 0 Å². The Morgan fingerprint density at radius 2 is 2.00 bits per heavy atom. The van der Waals surface area contributed by atoms with E-state index in [0.29, 0.717) is 24.5 Å². The number of methoxy groups -OCH3 is 2. The van der Waals surface area contributed by atoms with Gasteiger partial charge in [-0.1, -0.05) is 18.2 Å². The van der Waals surface area contributed by atoms with Gasteiger partial charge in [0.25, 0.3) is 0 Å². The summed E-state index contributed by atoms with van der Waals surface area (Å²) >= 11 is 0. The Balaban J connectivity index is 1.83. The SMILES string of the molecule is COc1ccc(C(c2cnc3ccccc3c2)N2CCCC(C(=O)O)C2)c(OC)c1. The van der Waals surface area contributed by atoms with Crippen molar-refractivity contribution in [2.24, 2.45) is 5.92 Å². The minimum Gasteiger partial charge on any atom is -0.497 e. The first kappa shape index (κ1) is 20.2. The Hall–Kier alpha value is -3.12. The Morgan fingerprint density at radius 1 is 1.17 bits per heavy atom. The van der Waals surface area contributed by atoms with Gasteiger partial charge in [0.15, 0.2) is 0 Å². The maximum absolute atomic E-state index is 11.7. The molecule has 1 N–H and O–H groups in total. The first-order valence-electron chi connectivity index (χ1n) is 10.1. The Kier molecular flexibility index (Phi) is 5.86. The zero-order chi connectivity index (χ0) is 21.1. The van der Waals surface area contributed by atoms with Gasteiger partial charge in [0.1, 0.15) is 11.5 Å². The largest absolute Gasteiger partial charge is 0.497 e. The van der Waals surface area contributed by atoms with E-state index in [0.717, 1.165) is 35.0 Å². The number of rotatable bonds is 6. The molecule has 1 fully saturated rings.